The van der Waals surface area contributed by atoms with Gasteiger partial charge >= 0.3 is 0 Å². The van der Waals surface area contributed by atoms with Crippen LogP contribution in [0.4, 0.5) is 4.39 Å². The first-order valence-corrected chi connectivity index (χ1v) is 7.79. The van der Waals surface area contributed by atoms with E-state index in [2.05, 4.69) is 10.4 Å². The van der Waals surface area contributed by atoms with E-state index in [9.17, 15) is 9.50 Å². The molecule has 0 aliphatic rings. The van der Waals surface area contributed by atoms with E-state index in [0.29, 0.717) is 24.7 Å². The number of aryl methyl sites for hydroxylation is 1. The molecule has 120 valence electrons. The Bertz CT molecular complexity index is 613. The number of hydrogen-bond acceptors (Lipinski definition) is 3. The van der Waals surface area contributed by atoms with Gasteiger partial charge in [0.2, 0.25) is 0 Å². The van der Waals surface area contributed by atoms with Crippen molar-refractivity contribution in [1.29, 1.82) is 0 Å². The highest BCUT2D eigenvalue weighted by Crippen LogP contribution is 2.23. The molecule has 0 aliphatic carbocycles. The van der Waals surface area contributed by atoms with Crippen LogP contribution in [0.25, 0.3) is 5.69 Å². The molecule has 1 heterocycles. The van der Waals surface area contributed by atoms with Crippen LogP contribution in [0.15, 0.2) is 24.3 Å². The molecule has 6 heteroatoms. The summed E-state index contributed by atoms with van der Waals surface area (Å²) in [4.78, 5) is 0. The minimum absolute atomic E-state index is 0.272. The zero-order chi connectivity index (χ0) is 16.1. The second-order valence-electron chi connectivity index (χ2n) is 5.27. The smallest absolute Gasteiger partial charge is 0.137 e. The molecule has 2 aromatic rings. The molecule has 2 N–H and O–H groups in total. The van der Waals surface area contributed by atoms with E-state index in [4.69, 9.17) is 11.6 Å². The third-order valence-corrected chi connectivity index (χ3v) is 4.01. The minimum atomic E-state index is -0.292. The van der Waals surface area contributed by atoms with Gasteiger partial charge in [-0.3, -0.25) is 0 Å². The van der Waals surface area contributed by atoms with Crippen LogP contribution in [0.3, 0.4) is 0 Å². The third kappa shape index (κ3) is 4.06. The molecule has 0 bridgehead atoms. The van der Waals surface area contributed by atoms with Gasteiger partial charge in [-0.1, -0.05) is 18.5 Å². The van der Waals surface area contributed by atoms with Crippen LogP contribution in [-0.4, -0.2) is 27.5 Å². The monoisotopic (exact) mass is 325 g/mol. The predicted octanol–water partition coefficient (Wildman–Crippen LogP) is 3.22. The molecule has 1 aromatic carbocycles. The van der Waals surface area contributed by atoms with Crippen LogP contribution in [0.2, 0.25) is 5.15 Å². The maximum Gasteiger partial charge on any atom is 0.137 e. The molecule has 0 radical (unpaired) electrons. The molecule has 1 aromatic heterocycles. The highest BCUT2D eigenvalue weighted by atomic mass is 35.5. The highest BCUT2D eigenvalue weighted by Gasteiger charge is 2.14. The van der Waals surface area contributed by atoms with Crippen LogP contribution in [0, 0.1) is 12.7 Å². The van der Waals surface area contributed by atoms with Crippen LogP contribution in [0.5, 0.6) is 0 Å². The van der Waals surface area contributed by atoms with Crippen molar-refractivity contribution in [1.82, 2.24) is 15.1 Å². The number of hydrogen-bond donors (Lipinski definition) is 2. The van der Waals surface area contributed by atoms with Crippen molar-refractivity contribution >= 4 is 11.6 Å². The summed E-state index contributed by atoms with van der Waals surface area (Å²) in [7, 11) is 0. The average Bonchev–Trinajstić information content (AvgIpc) is 2.79. The summed E-state index contributed by atoms with van der Waals surface area (Å²) in [5, 5.41) is 17.7. The second kappa shape index (κ2) is 7.72. The summed E-state index contributed by atoms with van der Waals surface area (Å²) in [5.74, 6) is -0.292. The van der Waals surface area contributed by atoms with Crippen molar-refractivity contribution < 1.29 is 9.50 Å². The Labute approximate surface area is 134 Å². The largest absolute Gasteiger partial charge is 0.393 e. The Morgan fingerprint density at radius 2 is 2.05 bits per heavy atom. The number of benzene rings is 1. The Morgan fingerprint density at radius 1 is 1.36 bits per heavy atom. The van der Waals surface area contributed by atoms with Gasteiger partial charge in [0.1, 0.15) is 11.0 Å². The van der Waals surface area contributed by atoms with E-state index in [1.54, 1.807) is 16.8 Å². The quantitative estimate of drug-likeness (QED) is 0.768. The maximum atomic E-state index is 13.0. The zero-order valence-corrected chi connectivity index (χ0v) is 13.6. The fourth-order valence-corrected chi connectivity index (χ4v) is 2.51. The Morgan fingerprint density at radius 3 is 2.68 bits per heavy atom. The minimum Gasteiger partial charge on any atom is -0.393 e. The molecule has 0 amide bonds. The van der Waals surface area contributed by atoms with Crippen LogP contribution in [0.1, 0.15) is 31.0 Å². The Balaban J connectivity index is 2.05. The van der Waals surface area contributed by atoms with Crippen molar-refractivity contribution in [2.45, 2.75) is 39.3 Å². The van der Waals surface area contributed by atoms with Gasteiger partial charge in [0.25, 0.3) is 0 Å². The summed E-state index contributed by atoms with van der Waals surface area (Å²) < 4.78 is 14.6. The SMILES string of the molecule is CCC(O)CCNCc1c(C)nn(-c2ccc(F)cc2)c1Cl. The lowest BCUT2D eigenvalue weighted by molar-refractivity contribution is 0.159. The first kappa shape index (κ1) is 16.9. The second-order valence-corrected chi connectivity index (χ2v) is 5.63. The van der Waals surface area contributed by atoms with E-state index in [-0.39, 0.29) is 11.9 Å². The fraction of sp³-hybridized carbons (Fsp3) is 0.438. The third-order valence-electron chi connectivity index (χ3n) is 3.62. The Hall–Kier alpha value is -1.43. The Kier molecular flexibility index (Phi) is 5.94. The highest BCUT2D eigenvalue weighted by molar-refractivity contribution is 6.30. The topological polar surface area (TPSA) is 50.1 Å². The molecule has 2 rings (SSSR count). The molecule has 0 spiro atoms. The summed E-state index contributed by atoms with van der Waals surface area (Å²) >= 11 is 6.39. The van der Waals surface area contributed by atoms with Crippen LogP contribution >= 0.6 is 11.6 Å². The molecule has 1 atom stereocenters. The van der Waals surface area contributed by atoms with E-state index in [1.807, 2.05) is 13.8 Å². The van der Waals surface area contributed by atoms with Gasteiger partial charge in [-0.05, 0) is 50.6 Å². The first-order chi connectivity index (χ1) is 10.5. The maximum absolute atomic E-state index is 13.0. The van der Waals surface area contributed by atoms with Crippen molar-refractivity contribution in [2.24, 2.45) is 0 Å². The molecular formula is C16H21ClFN3O. The van der Waals surface area contributed by atoms with Crippen LogP contribution < -0.4 is 5.32 Å². The van der Waals surface area contributed by atoms with Gasteiger partial charge in [-0.15, -0.1) is 0 Å². The normalized spacial score (nSPS) is 12.6. The van der Waals surface area contributed by atoms with Gasteiger partial charge in [-0.25, -0.2) is 9.07 Å². The lowest BCUT2D eigenvalue weighted by Crippen LogP contribution is -2.20. The van der Waals surface area contributed by atoms with Crippen molar-refractivity contribution in [3.05, 3.63) is 46.5 Å². The average molecular weight is 326 g/mol. The predicted molar refractivity (Wildman–Crippen MR) is 85.9 cm³/mol. The molecule has 0 saturated carbocycles. The summed E-state index contributed by atoms with van der Waals surface area (Å²) in [5.41, 5.74) is 2.47. The summed E-state index contributed by atoms with van der Waals surface area (Å²) in [6.07, 6.45) is 1.19. The lowest BCUT2D eigenvalue weighted by atomic mass is 10.2. The zero-order valence-electron chi connectivity index (χ0n) is 12.8. The number of aromatic nitrogens is 2. The molecule has 22 heavy (non-hydrogen) atoms. The first-order valence-electron chi connectivity index (χ1n) is 7.41. The van der Waals surface area contributed by atoms with Gasteiger partial charge in [0, 0.05) is 12.1 Å². The standard InChI is InChI=1S/C16H21ClFN3O/c1-3-14(22)8-9-19-10-15-11(2)20-21(16(15)17)13-6-4-12(18)5-7-13/h4-7,14,19,22H,3,8-10H2,1-2H3. The van der Waals surface area contributed by atoms with E-state index >= 15 is 0 Å². The molecule has 0 saturated heterocycles. The van der Waals surface area contributed by atoms with E-state index in [1.165, 1.54) is 12.1 Å². The van der Waals surface area contributed by atoms with E-state index < -0.39 is 0 Å². The summed E-state index contributed by atoms with van der Waals surface area (Å²) in [6, 6.07) is 6.05. The van der Waals surface area contributed by atoms with Gasteiger partial charge in [-0.2, -0.15) is 5.10 Å². The van der Waals surface area contributed by atoms with Crippen LogP contribution in [-0.2, 0) is 6.54 Å². The number of aliphatic hydroxyl groups is 1. The van der Waals surface area contributed by atoms with Gasteiger partial charge in [0.05, 0.1) is 17.5 Å². The molecule has 4 nitrogen and oxygen atoms in total. The van der Waals surface area contributed by atoms with Gasteiger partial charge < -0.3 is 10.4 Å². The number of nitrogens with zero attached hydrogens (tertiary/aromatic N) is 2. The van der Waals surface area contributed by atoms with E-state index in [0.717, 1.165) is 23.4 Å². The van der Waals surface area contributed by atoms with Crippen molar-refractivity contribution in [3.8, 4) is 5.69 Å². The fourth-order valence-electron chi connectivity index (χ4n) is 2.17. The molecule has 1 unspecified atom stereocenters. The number of aliphatic hydroxyl groups excluding tert-OH is 1. The van der Waals surface area contributed by atoms with Gasteiger partial charge in [0.15, 0.2) is 0 Å². The molecule has 0 aliphatic heterocycles. The van der Waals surface area contributed by atoms with Crippen molar-refractivity contribution in [2.75, 3.05) is 6.54 Å². The van der Waals surface area contributed by atoms with Crippen molar-refractivity contribution in [3.63, 3.8) is 0 Å². The number of nitrogens with one attached hydrogen (secondary N) is 1. The summed E-state index contributed by atoms with van der Waals surface area (Å²) in [6.45, 7) is 5.15. The number of rotatable bonds is 7. The molecule has 0 fully saturated rings. The lowest BCUT2D eigenvalue weighted by Gasteiger charge is -2.08. The molecular weight excluding hydrogens is 305 g/mol. The number of halogens is 2.